The Labute approximate surface area is 178 Å². The van der Waals surface area contributed by atoms with Crippen molar-refractivity contribution in [2.45, 2.75) is 65.5 Å². The molecule has 1 aromatic heterocycles. The number of aryl methyl sites for hydroxylation is 1. The summed E-state index contributed by atoms with van der Waals surface area (Å²) in [5, 5.41) is 2.87. The molecule has 1 aliphatic heterocycles. The van der Waals surface area contributed by atoms with E-state index in [0.29, 0.717) is 24.9 Å². The number of carbonyl (C=O) groups is 3. The van der Waals surface area contributed by atoms with Crippen LogP contribution in [-0.2, 0) is 11.3 Å². The smallest absolute Gasteiger partial charge is 0.325 e. The van der Waals surface area contributed by atoms with Crippen LogP contribution < -0.4 is 5.32 Å². The van der Waals surface area contributed by atoms with Crippen molar-refractivity contribution in [3.8, 4) is 0 Å². The lowest BCUT2D eigenvalue weighted by Crippen LogP contribution is -2.47. The number of nitrogens with zero attached hydrogens (tertiary/aromatic N) is 2. The standard InChI is InChI=1S/C24H31N3O3/c1-5-12-24(13-6-2)22(29)27(23(30)25-24)16-21(28)20-14-17(3)26(18(20)4)15-19-10-8-7-9-11-19/h7-11,14H,5-6,12-13,15-16H2,1-4H3,(H,25,30). The second-order valence-electron chi connectivity index (χ2n) is 8.18. The summed E-state index contributed by atoms with van der Waals surface area (Å²) in [5.74, 6) is -0.489. The Bertz CT molecular complexity index is 940. The van der Waals surface area contributed by atoms with Crippen molar-refractivity contribution in [1.29, 1.82) is 0 Å². The fraction of sp³-hybridized carbons (Fsp3) is 0.458. The van der Waals surface area contributed by atoms with Crippen molar-refractivity contribution in [3.63, 3.8) is 0 Å². The molecule has 3 rings (SSSR count). The van der Waals surface area contributed by atoms with Gasteiger partial charge in [-0.15, -0.1) is 0 Å². The molecule has 0 aliphatic carbocycles. The maximum Gasteiger partial charge on any atom is 0.325 e. The molecule has 0 unspecified atom stereocenters. The summed E-state index contributed by atoms with van der Waals surface area (Å²) in [4.78, 5) is 39.8. The third kappa shape index (κ3) is 4.04. The normalized spacial score (nSPS) is 15.5. The number of aromatic nitrogens is 1. The SMILES string of the molecule is CCCC1(CCC)NC(=O)N(CC(=O)c2cc(C)n(Cc3ccccc3)c2C)C1=O. The Kier molecular flexibility index (Phi) is 6.44. The summed E-state index contributed by atoms with van der Waals surface area (Å²) in [6.07, 6.45) is 2.74. The van der Waals surface area contributed by atoms with Crippen LogP contribution in [-0.4, -0.2) is 39.3 Å². The average molecular weight is 410 g/mol. The quantitative estimate of drug-likeness (QED) is 0.498. The van der Waals surface area contributed by atoms with Gasteiger partial charge in [-0.05, 0) is 38.3 Å². The summed E-state index contributed by atoms with van der Waals surface area (Å²) in [5.41, 5.74) is 2.67. The lowest BCUT2D eigenvalue weighted by molar-refractivity contribution is -0.131. The number of hydrogen-bond acceptors (Lipinski definition) is 3. The minimum Gasteiger partial charge on any atom is -0.344 e. The highest BCUT2D eigenvalue weighted by atomic mass is 16.2. The van der Waals surface area contributed by atoms with Gasteiger partial charge < -0.3 is 9.88 Å². The Morgan fingerprint density at radius 1 is 1.03 bits per heavy atom. The van der Waals surface area contributed by atoms with Crippen molar-refractivity contribution in [2.75, 3.05) is 6.54 Å². The van der Waals surface area contributed by atoms with Crippen molar-refractivity contribution in [3.05, 3.63) is 58.9 Å². The summed E-state index contributed by atoms with van der Waals surface area (Å²) in [7, 11) is 0. The molecule has 1 aromatic carbocycles. The van der Waals surface area contributed by atoms with E-state index in [1.807, 2.05) is 52.0 Å². The molecule has 0 bridgehead atoms. The van der Waals surface area contributed by atoms with E-state index in [1.165, 1.54) is 0 Å². The number of ketones is 1. The molecular weight excluding hydrogens is 378 g/mol. The summed E-state index contributed by atoms with van der Waals surface area (Å²) < 4.78 is 2.09. The van der Waals surface area contributed by atoms with Crippen LogP contribution >= 0.6 is 0 Å². The van der Waals surface area contributed by atoms with Crippen LogP contribution in [0.15, 0.2) is 36.4 Å². The van der Waals surface area contributed by atoms with Crippen LogP contribution in [0.5, 0.6) is 0 Å². The predicted molar refractivity (Wildman–Crippen MR) is 117 cm³/mol. The monoisotopic (exact) mass is 409 g/mol. The largest absolute Gasteiger partial charge is 0.344 e. The van der Waals surface area contributed by atoms with Gasteiger partial charge in [-0.3, -0.25) is 14.5 Å². The van der Waals surface area contributed by atoms with E-state index >= 15 is 0 Å². The molecule has 160 valence electrons. The number of urea groups is 1. The topological polar surface area (TPSA) is 71.4 Å². The molecule has 6 heteroatoms. The number of rotatable bonds is 9. The third-order valence-electron chi connectivity index (χ3n) is 5.96. The van der Waals surface area contributed by atoms with Gasteiger partial charge in [-0.25, -0.2) is 4.79 Å². The lowest BCUT2D eigenvalue weighted by atomic mass is 9.88. The second-order valence-corrected chi connectivity index (χ2v) is 8.18. The molecule has 0 saturated carbocycles. The first-order valence-electron chi connectivity index (χ1n) is 10.7. The van der Waals surface area contributed by atoms with E-state index in [2.05, 4.69) is 22.0 Å². The minimum atomic E-state index is -0.870. The van der Waals surface area contributed by atoms with E-state index < -0.39 is 11.6 Å². The molecule has 1 aliphatic rings. The van der Waals surface area contributed by atoms with Gasteiger partial charge in [0.05, 0.1) is 6.54 Å². The lowest BCUT2D eigenvalue weighted by Gasteiger charge is -2.25. The molecule has 1 fully saturated rings. The molecule has 30 heavy (non-hydrogen) atoms. The van der Waals surface area contributed by atoms with Crippen molar-refractivity contribution < 1.29 is 14.4 Å². The summed E-state index contributed by atoms with van der Waals surface area (Å²) in [6.45, 7) is 8.31. The summed E-state index contributed by atoms with van der Waals surface area (Å²) in [6, 6.07) is 11.4. The van der Waals surface area contributed by atoms with Gasteiger partial charge in [0.1, 0.15) is 5.54 Å². The Morgan fingerprint density at radius 2 is 1.67 bits per heavy atom. The Morgan fingerprint density at radius 3 is 2.27 bits per heavy atom. The summed E-state index contributed by atoms with van der Waals surface area (Å²) >= 11 is 0. The van der Waals surface area contributed by atoms with E-state index in [4.69, 9.17) is 0 Å². The highest BCUT2D eigenvalue weighted by molar-refractivity contribution is 6.11. The van der Waals surface area contributed by atoms with Gasteiger partial charge in [0.2, 0.25) is 0 Å². The molecule has 1 N–H and O–H groups in total. The van der Waals surface area contributed by atoms with Crippen LogP contribution in [0.1, 0.15) is 66.8 Å². The zero-order chi connectivity index (χ0) is 21.9. The second kappa shape index (κ2) is 8.86. The molecule has 0 atom stereocenters. The van der Waals surface area contributed by atoms with Crippen molar-refractivity contribution in [1.82, 2.24) is 14.8 Å². The van der Waals surface area contributed by atoms with Crippen LogP contribution in [0.25, 0.3) is 0 Å². The Balaban J connectivity index is 1.80. The highest BCUT2D eigenvalue weighted by Gasteiger charge is 2.50. The van der Waals surface area contributed by atoms with Gasteiger partial charge in [0.15, 0.2) is 5.78 Å². The van der Waals surface area contributed by atoms with Crippen LogP contribution in [0, 0.1) is 13.8 Å². The number of carbonyl (C=O) groups excluding carboxylic acids is 3. The molecule has 0 spiro atoms. The van der Waals surface area contributed by atoms with E-state index in [0.717, 1.165) is 34.7 Å². The number of benzene rings is 1. The van der Waals surface area contributed by atoms with Crippen LogP contribution in [0.3, 0.4) is 0 Å². The first kappa shape index (κ1) is 21.8. The van der Waals surface area contributed by atoms with Gasteiger partial charge in [0.25, 0.3) is 5.91 Å². The van der Waals surface area contributed by atoms with Crippen molar-refractivity contribution >= 4 is 17.7 Å². The van der Waals surface area contributed by atoms with Crippen LogP contribution in [0.4, 0.5) is 4.79 Å². The first-order valence-corrected chi connectivity index (χ1v) is 10.7. The number of Topliss-reactive ketones (excluding diaryl/α,β-unsaturated/α-hetero) is 1. The molecule has 3 amide bonds. The zero-order valence-corrected chi connectivity index (χ0v) is 18.3. The van der Waals surface area contributed by atoms with E-state index in [-0.39, 0.29) is 18.2 Å². The maximum absolute atomic E-state index is 13.1. The highest BCUT2D eigenvalue weighted by Crippen LogP contribution is 2.28. The van der Waals surface area contributed by atoms with Gasteiger partial charge in [0, 0.05) is 23.5 Å². The molecule has 2 heterocycles. The number of imide groups is 1. The molecule has 6 nitrogen and oxygen atoms in total. The molecule has 0 radical (unpaired) electrons. The fourth-order valence-electron chi connectivity index (χ4n) is 4.46. The fourth-order valence-corrected chi connectivity index (χ4v) is 4.46. The van der Waals surface area contributed by atoms with E-state index in [9.17, 15) is 14.4 Å². The molecule has 2 aromatic rings. The first-order chi connectivity index (χ1) is 14.3. The zero-order valence-electron chi connectivity index (χ0n) is 18.3. The number of hydrogen-bond donors (Lipinski definition) is 1. The van der Waals surface area contributed by atoms with Gasteiger partial charge in [-0.2, -0.15) is 0 Å². The maximum atomic E-state index is 13.1. The molecular formula is C24H31N3O3. The van der Waals surface area contributed by atoms with Crippen LogP contribution in [0.2, 0.25) is 0 Å². The Hall–Kier alpha value is -2.89. The van der Waals surface area contributed by atoms with Gasteiger partial charge >= 0.3 is 6.03 Å². The van der Waals surface area contributed by atoms with Gasteiger partial charge in [-0.1, -0.05) is 57.0 Å². The van der Waals surface area contributed by atoms with E-state index in [1.54, 1.807) is 0 Å². The number of amides is 3. The minimum absolute atomic E-state index is 0.213. The average Bonchev–Trinajstić information content (AvgIpc) is 3.12. The third-order valence-corrected chi connectivity index (χ3v) is 5.96. The van der Waals surface area contributed by atoms with Crippen molar-refractivity contribution in [2.24, 2.45) is 0 Å². The predicted octanol–water partition coefficient (Wildman–Crippen LogP) is 4.23. The number of nitrogens with one attached hydrogen (secondary N) is 1. The molecule has 1 saturated heterocycles.